The number of nitrogens with one attached hydrogen (secondary N) is 2. The van der Waals surface area contributed by atoms with Gasteiger partial charge in [-0.1, -0.05) is 35.8 Å². The summed E-state index contributed by atoms with van der Waals surface area (Å²) in [6.07, 6.45) is 0.919. The summed E-state index contributed by atoms with van der Waals surface area (Å²) in [5.41, 5.74) is 1.35. The standard InChI is InChI=1S/C24H31BrN2O4S/c1-15(2)10-11-30-21-8-6-17(12-22(21)29-5)14-26-24(32)27-23(28)19-13-18(25)7-9-20(19)31-16(3)4/h6-9,12-13,15-16H,10-11,14H2,1-5H3,(H2,26,27,28,32). The largest absolute Gasteiger partial charge is 0.493 e. The van der Waals surface area contributed by atoms with Crippen molar-refractivity contribution in [2.75, 3.05) is 13.7 Å². The minimum atomic E-state index is -0.342. The van der Waals surface area contributed by atoms with Gasteiger partial charge in [0.1, 0.15) is 5.75 Å². The Kier molecular flexibility index (Phi) is 10.3. The van der Waals surface area contributed by atoms with Crippen molar-refractivity contribution in [3.63, 3.8) is 0 Å². The normalized spacial score (nSPS) is 10.8. The van der Waals surface area contributed by atoms with Crippen LogP contribution in [0.15, 0.2) is 40.9 Å². The molecule has 2 aromatic carbocycles. The van der Waals surface area contributed by atoms with Crippen LogP contribution in [0.25, 0.3) is 0 Å². The Bertz CT molecular complexity index is 934. The molecule has 0 fully saturated rings. The third kappa shape index (κ3) is 8.31. The average Bonchev–Trinajstić information content (AvgIpc) is 2.73. The van der Waals surface area contributed by atoms with Crippen LogP contribution in [0.3, 0.4) is 0 Å². The quantitative estimate of drug-likeness (QED) is 0.403. The molecule has 0 bridgehead atoms. The average molecular weight is 523 g/mol. The molecule has 0 saturated heterocycles. The van der Waals surface area contributed by atoms with Gasteiger partial charge >= 0.3 is 0 Å². The van der Waals surface area contributed by atoms with Gasteiger partial charge < -0.3 is 19.5 Å². The molecule has 0 radical (unpaired) electrons. The van der Waals surface area contributed by atoms with E-state index in [1.807, 2.05) is 38.1 Å². The lowest BCUT2D eigenvalue weighted by Gasteiger charge is -2.16. The molecule has 0 spiro atoms. The summed E-state index contributed by atoms with van der Waals surface area (Å²) < 4.78 is 17.8. The zero-order chi connectivity index (χ0) is 23.7. The number of hydrogen-bond acceptors (Lipinski definition) is 5. The van der Waals surface area contributed by atoms with E-state index < -0.39 is 0 Å². The molecular weight excluding hydrogens is 492 g/mol. The van der Waals surface area contributed by atoms with E-state index in [9.17, 15) is 4.79 Å². The van der Waals surface area contributed by atoms with Crippen LogP contribution in [0.5, 0.6) is 17.2 Å². The van der Waals surface area contributed by atoms with E-state index in [2.05, 4.69) is 40.4 Å². The molecule has 0 aliphatic carbocycles. The summed E-state index contributed by atoms with van der Waals surface area (Å²) >= 11 is 8.70. The summed E-state index contributed by atoms with van der Waals surface area (Å²) in [5.74, 6) is 2.10. The molecule has 2 aromatic rings. The Hall–Kier alpha value is -2.32. The molecule has 0 saturated carbocycles. The summed E-state index contributed by atoms with van der Waals surface area (Å²) in [7, 11) is 1.61. The number of carbonyl (C=O) groups excluding carboxylic acids is 1. The van der Waals surface area contributed by atoms with Crippen LogP contribution in [-0.4, -0.2) is 30.8 Å². The molecular formula is C24H31BrN2O4S. The lowest BCUT2D eigenvalue weighted by atomic mass is 10.1. The van der Waals surface area contributed by atoms with Crippen molar-refractivity contribution in [1.82, 2.24) is 10.6 Å². The van der Waals surface area contributed by atoms with Crippen molar-refractivity contribution < 1.29 is 19.0 Å². The number of ether oxygens (including phenoxy) is 3. The molecule has 0 unspecified atom stereocenters. The van der Waals surface area contributed by atoms with Crippen LogP contribution < -0.4 is 24.8 Å². The molecule has 1 amide bonds. The fourth-order valence-electron chi connectivity index (χ4n) is 2.78. The van der Waals surface area contributed by atoms with E-state index in [-0.39, 0.29) is 17.1 Å². The number of methoxy groups -OCH3 is 1. The number of rotatable bonds is 10. The van der Waals surface area contributed by atoms with Crippen LogP contribution in [-0.2, 0) is 6.54 Å². The molecule has 174 valence electrons. The van der Waals surface area contributed by atoms with Gasteiger partial charge in [0, 0.05) is 11.0 Å². The van der Waals surface area contributed by atoms with Crippen LogP contribution in [0.2, 0.25) is 0 Å². The van der Waals surface area contributed by atoms with Crippen LogP contribution in [0.1, 0.15) is 50.0 Å². The maximum Gasteiger partial charge on any atom is 0.261 e. The van der Waals surface area contributed by atoms with E-state index >= 15 is 0 Å². The van der Waals surface area contributed by atoms with E-state index in [0.717, 1.165) is 16.5 Å². The number of hydrogen-bond donors (Lipinski definition) is 2. The lowest BCUT2D eigenvalue weighted by Crippen LogP contribution is -2.39. The third-order valence-corrected chi connectivity index (χ3v) is 5.15. The zero-order valence-electron chi connectivity index (χ0n) is 19.2. The molecule has 32 heavy (non-hydrogen) atoms. The smallest absolute Gasteiger partial charge is 0.261 e. The van der Waals surface area contributed by atoms with Crippen molar-refractivity contribution in [3.05, 3.63) is 52.0 Å². The van der Waals surface area contributed by atoms with Crippen LogP contribution in [0.4, 0.5) is 0 Å². The molecule has 0 aromatic heterocycles. The van der Waals surface area contributed by atoms with Crippen molar-refractivity contribution in [2.24, 2.45) is 5.92 Å². The molecule has 0 aliphatic heterocycles. The molecule has 0 heterocycles. The minimum absolute atomic E-state index is 0.0555. The second-order valence-electron chi connectivity index (χ2n) is 7.96. The van der Waals surface area contributed by atoms with Crippen LogP contribution in [0, 0.1) is 5.92 Å². The summed E-state index contributed by atoms with van der Waals surface area (Å²) in [4.78, 5) is 12.7. The van der Waals surface area contributed by atoms with Crippen molar-refractivity contribution >= 4 is 39.2 Å². The maximum atomic E-state index is 12.7. The molecule has 0 atom stereocenters. The Morgan fingerprint density at radius 1 is 1.06 bits per heavy atom. The number of carbonyl (C=O) groups is 1. The minimum Gasteiger partial charge on any atom is -0.493 e. The summed E-state index contributed by atoms with van der Waals surface area (Å²) in [6, 6.07) is 11.0. The fraction of sp³-hybridized carbons (Fsp3) is 0.417. The van der Waals surface area contributed by atoms with E-state index in [4.69, 9.17) is 26.4 Å². The Morgan fingerprint density at radius 3 is 2.44 bits per heavy atom. The first-order valence-electron chi connectivity index (χ1n) is 10.5. The highest BCUT2D eigenvalue weighted by molar-refractivity contribution is 9.10. The summed E-state index contributed by atoms with van der Waals surface area (Å²) in [5, 5.41) is 5.99. The van der Waals surface area contributed by atoms with E-state index in [1.54, 1.807) is 19.2 Å². The second-order valence-corrected chi connectivity index (χ2v) is 9.28. The number of thiocarbonyl (C=S) groups is 1. The Labute approximate surface area is 204 Å². The van der Waals surface area contributed by atoms with Gasteiger partial charge in [0.05, 0.1) is 25.4 Å². The van der Waals surface area contributed by atoms with Gasteiger partial charge in [0.2, 0.25) is 0 Å². The first-order chi connectivity index (χ1) is 15.2. The van der Waals surface area contributed by atoms with Gasteiger partial charge in [-0.2, -0.15) is 0 Å². The van der Waals surface area contributed by atoms with Gasteiger partial charge in [0.15, 0.2) is 16.6 Å². The summed E-state index contributed by atoms with van der Waals surface area (Å²) in [6.45, 7) is 9.20. The van der Waals surface area contributed by atoms with Crippen molar-refractivity contribution in [3.8, 4) is 17.2 Å². The fourth-order valence-corrected chi connectivity index (χ4v) is 3.31. The number of amides is 1. The van der Waals surface area contributed by atoms with Gasteiger partial charge in [-0.25, -0.2) is 0 Å². The second kappa shape index (κ2) is 12.6. The Morgan fingerprint density at radius 2 is 1.78 bits per heavy atom. The Balaban J connectivity index is 1.97. The SMILES string of the molecule is COc1cc(CNC(=S)NC(=O)c2cc(Br)ccc2OC(C)C)ccc1OCCC(C)C. The van der Waals surface area contributed by atoms with Gasteiger partial charge in [0.25, 0.3) is 5.91 Å². The number of benzene rings is 2. The van der Waals surface area contributed by atoms with Crippen molar-refractivity contribution in [1.29, 1.82) is 0 Å². The number of halogens is 1. The van der Waals surface area contributed by atoms with E-state index in [0.29, 0.717) is 41.9 Å². The van der Waals surface area contributed by atoms with Gasteiger partial charge in [-0.05, 0) is 74.3 Å². The van der Waals surface area contributed by atoms with Gasteiger partial charge in [-0.3, -0.25) is 10.1 Å². The molecule has 2 N–H and O–H groups in total. The van der Waals surface area contributed by atoms with Crippen LogP contribution >= 0.6 is 28.1 Å². The molecule has 8 heteroatoms. The predicted octanol–water partition coefficient (Wildman–Crippen LogP) is 5.47. The lowest BCUT2D eigenvalue weighted by molar-refractivity contribution is 0.0970. The molecule has 2 rings (SSSR count). The van der Waals surface area contributed by atoms with Crippen molar-refractivity contribution in [2.45, 2.75) is 46.8 Å². The van der Waals surface area contributed by atoms with Gasteiger partial charge in [-0.15, -0.1) is 0 Å². The predicted molar refractivity (Wildman–Crippen MR) is 135 cm³/mol. The third-order valence-electron chi connectivity index (χ3n) is 4.41. The highest BCUT2D eigenvalue weighted by atomic mass is 79.9. The molecule has 6 nitrogen and oxygen atoms in total. The highest BCUT2D eigenvalue weighted by Gasteiger charge is 2.16. The highest BCUT2D eigenvalue weighted by Crippen LogP contribution is 2.28. The zero-order valence-corrected chi connectivity index (χ0v) is 21.6. The first-order valence-corrected chi connectivity index (χ1v) is 11.7. The first kappa shape index (κ1) is 25.9. The van der Waals surface area contributed by atoms with E-state index in [1.165, 1.54) is 0 Å². The topological polar surface area (TPSA) is 68.8 Å². The molecule has 0 aliphatic rings. The monoisotopic (exact) mass is 522 g/mol. The maximum absolute atomic E-state index is 12.7.